The van der Waals surface area contributed by atoms with Gasteiger partial charge in [0.2, 0.25) is 0 Å². The Kier molecular flexibility index (Phi) is 5.47. The van der Waals surface area contributed by atoms with E-state index in [0.717, 1.165) is 5.56 Å². The number of carboxylic acids is 1. The quantitative estimate of drug-likeness (QED) is 0.851. The Morgan fingerprint density at radius 2 is 1.87 bits per heavy atom. The van der Waals surface area contributed by atoms with Gasteiger partial charge in [-0.3, -0.25) is 4.79 Å². The molecular formula is C16H13Cl2NO4. The normalized spacial score (nSPS) is 10.2. The number of rotatable bonds is 5. The topological polar surface area (TPSA) is 75.6 Å². The van der Waals surface area contributed by atoms with Gasteiger partial charge in [0, 0.05) is 10.7 Å². The Morgan fingerprint density at radius 3 is 2.48 bits per heavy atom. The summed E-state index contributed by atoms with van der Waals surface area (Å²) in [6, 6.07) is 9.24. The van der Waals surface area contributed by atoms with E-state index in [0.29, 0.717) is 16.5 Å². The van der Waals surface area contributed by atoms with E-state index in [1.807, 2.05) is 6.92 Å². The van der Waals surface area contributed by atoms with Crippen molar-refractivity contribution in [1.82, 2.24) is 0 Å². The molecule has 0 aromatic heterocycles. The smallest absolute Gasteiger partial charge is 0.337 e. The van der Waals surface area contributed by atoms with Gasteiger partial charge in [-0.15, -0.1) is 0 Å². The predicted octanol–water partition coefficient (Wildman–Crippen LogP) is 4.02. The van der Waals surface area contributed by atoms with Gasteiger partial charge in [0.15, 0.2) is 6.61 Å². The summed E-state index contributed by atoms with van der Waals surface area (Å²) in [6.07, 6.45) is 0. The van der Waals surface area contributed by atoms with Gasteiger partial charge < -0.3 is 15.2 Å². The van der Waals surface area contributed by atoms with Crippen LogP contribution in [0, 0.1) is 6.92 Å². The summed E-state index contributed by atoms with van der Waals surface area (Å²) in [6.45, 7) is 1.64. The van der Waals surface area contributed by atoms with E-state index in [4.69, 9.17) is 33.0 Å². The predicted molar refractivity (Wildman–Crippen MR) is 88.7 cm³/mol. The Balaban J connectivity index is 1.95. The first-order chi connectivity index (χ1) is 10.9. The molecule has 0 heterocycles. The summed E-state index contributed by atoms with van der Waals surface area (Å²) in [4.78, 5) is 22.7. The lowest BCUT2D eigenvalue weighted by Gasteiger charge is -2.09. The number of aryl methyl sites for hydroxylation is 1. The van der Waals surface area contributed by atoms with E-state index in [9.17, 15) is 9.59 Å². The maximum Gasteiger partial charge on any atom is 0.337 e. The molecule has 0 aliphatic rings. The van der Waals surface area contributed by atoms with Crippen LogP contribution in [-0.2, 0) is 4.79 Å². The van der Waals surface area contributed by atoms with Crippen molar-refractivity contribution in [3.05, 3.63) is 57.6 Å². The van der Waals surface area contributed by atoms with Crippen molar-refractivity contribution in [2.24, 2.45) is 0 Å². The maximum absolute atomic E-state index is 11.8. The maximum atomic E-state index is 11.8. The number of hydrogen-bond donors (Lipinski definition) is 2. The van der Waals surface area contributed by atoms with Gasteiger partial charge >= 0.3 is 5.97 Å². The van der Waals surface area contributed by atoms with Gasteiger partial charge in [-0.05, 0) is 48.9 Å². The van der Waals surface area contributed by atoms with Crippen LogP contribution in [-0.4, -0.2) is 23.6 Å². The first kappa shape index (κ1) is 17.1. The number of ether oxygens (including phenoxy) is 1. The lowest BCUT2D eigenvalue weighted by atomic mass is 10.2. The molecule has 0 aliphatic carbocycles. The number of benzene rings is 2. The lowest BCUT2D eigenvalue weighted by Crippen LogP contribution is -2.20. The number of halogens is 2. The number of carbonyl (C=O) groups excluding carboxylic acids is 1. The average molecular weight is 354 g/mol. The highest BCUT2D eigenvalue weighted by Crippen LogP contribution is 2.22. The zero-order valence-electron chi connectivity index (χ0n) is 12.1. The number of aromatic carboxylic acids is 1. The minimum Gasteiger partial charge on any atom is -0.484 e. The largest absolute Gasteiger partial charge is 0.484 e. The highest BCUT2D eigenvalue weighted by atomic mass is 35.5. The summed E-state index contributed by atoms with van der Waals surface area (Å²) in [5.74, 6) is -0.993. The molecule has 0 saturated carbocycles. The van der Waals surface area contributed by atoms with Crippen molar-refractivity contribution in [3.63, 3.8) is 0 Å². The fourth-order valence-electron chi connectivity index (χ4n) is 1.82. The molecule has 0 atom stereocenters. The third-order valence-electron chi connectivity index (χ3n) is 2.98. The third-order valence-corrected chi connectivity index (χ3v) is 3.72. The molecule has 2 aromatic carbocycles. The summed E-state index contributed by atoms with van der Waals surface area (Å²) in [7, 11) is 0. The summed E-state index contributed by atoms with van der Waals surface area (Å²) in [5, 5.41) is 12.1. The first-order valence-electron chi connectivity index (χ1n) is 6.58. The molecule has 0 aliphatic heterocycles. The van der Waals surface area contributed by atoms with E-state index in [1.54, 1.807) is 18.2 Å². The number of nitrogens with one attached hydrogen (secondary N) is 1. The van der Waals surface area contributed by atoms with Crippen LogP contribution in [0.3, 0.4) is 0 Å². The van der Waals surface area contributed by atoms with Crippen LogP contribution in [0.5, 0.6) is 5.75 Å². The van der Waals surface area contributed by atoms with Crippen LogP contribution in [0.2, 0.25) is 10.0 Å². The number of carbonyl (C=O) groups is 2. The lowest BCUT2D eigenvalue weighted by molar-refractivity contribution is -0.118. The van der Waals surface area contributed by atoms with E-state index in [1.165, 1.54) is 18.2 Å². The first-order valence-corrected chi connectivity index (χ1v) is 7.34. The zero-order chi connectivity index (χ0) is 17.0. The number of carboxylic acid groups (broad SMARTS) is 1. The van der Waals surface area contributed by atoms with Gasteiger partial charge in [-0.2, -0.15) is 0 Å². The molecule has 1 amide bonds. The van der Waals surface area contributed by atoms with Crippen LogP contribution in [0.15, 0.2) is 36.4 Å². The van der Waals surface area contributed by atoms with Gasteiger partial charge in [0.1, 0.15) is 5.75 Å². The summed E-state index contributed by atoms with van der Waals surface area (Å²) < 4.78 is 5.37. The van der Waals surface area contributed by atoms with E-state index >= 15 is 0 Å². The minimum atomic E-state index is -1.13. The molecule has 0 unspecified atom stereocenters. The molecule has 7 heteroatoms. The highest BCUT2D eigenvalue weighted by molar-refractivity contribution is 6.33. The van der Waals surface area contributed by atoms with Crippen molar-refractivity contribution < 1.29 is 19.4 Å². The van der Waals surface area contributed by atoms with Gasteiger partial charge in [0.25, 0.3) is 5.91 Å². The molecule has 0 saturated heterocycles. The number of anilines is 1. The fraction of sp³-hybridized carbons (Fsp3) is 0.125. The van der Waals surface area contributed by atoms with Crippen LogP contribution in [0.25, 0.3) is 0 Å². The monoisotopic (exact) mass is 353 g/mol. The molecule has 0 bridgehead atoms. The van der Waals surface area contributed by atoms with E-state index in [-0.39, 0.29) is 17.2 Å². The number of hydrogen-bond acceptors (Lipinski definition) is 3. The number of amides is 1. The molecule has 120 valence electrons. The molecular weight excluding hydrogens is 341 g/mol. The molecule has 2 aromatic rings. The minimum absolute atomic E-state index is 0.0300. The van der Waals surface area contributed by atoms with Crippen molar-refractivity contribution in [2.45, 2.75) is 6.92 Å². The second kappa shape index (κ2) is 7.35. The molecule has 2 N–H and O–H groups in total. The molecule has 0 fully saturated rings. The Morgan fingerprint density at radius 1 is 1.13 bits per heavy atom. The summed E-state index contributed by atoms with van der Waals surface area (Å²) >= 11 is 11.7. The van der Waals surface area contributed by atoms with Crippen molar-refractivity contribution in [1.29, 1.82) is 0 Å². The van der Waals surface area contributed by atoms with Crippen molar-refractivity contribution in [2.75, 3.05) is 11.9 Å². The van der Waals surface area contributed by atoms with Gasteiger partial charge in [0.05, 0.1) is 10.6 Å². The fourth-order valence-corrected chi connectivity index (χ4v) is 2.20. The van der Waals surface area contributed by atoms with Crippen LogP contribution in [0.4, 0.5) is 5.69 Å². The second-order valence-corrected chi connectivity index (χ2v) is 5.56. The third kappa shape index (κ3) is 4.61. The molecule has 23 heavy (non-hydrogen) atoms. The van der Waals surface area contributed by atoms with Crippen LogP contribution >= 0.6 is 23.2 Å². The van der Waals surface area contributed by atoms with Gasteiger partial charge in [-0.25, -0.2) is 4.79 Å². The standard InChI is InChI=1S/C16H13Cl2NO4/c1-9-6-11(3-5-13(9)17)23-8-15(20)19-10-2-4-12(16(21)22)14(18)7-10/h2-7H,8H2,1H3,(H,19,20)(H,21,22). The average Bonchev–Trinajstić information content (AvgIpc) is 2.48. The molecule has 5 nitrogen and oxygen atoms in total. The zero-order valence-corrected chi connectivity index (χ0v) is 13.6. The van der Waals surface area contributed by atoms with Crippen LogP contribution < -0.4 is 10.1 Å². The molecule has 2 rings (SSSR count). The second-order valence-electron chi connectivity index (χ2n) is 4.75. The Bertz CT molecular complexity index is 762. The van der Waals surface area contributed by atoms with E-state index < -0.39 is 11.9 Å². The SMILES string of the molecule is Cc1cc(OCC(=O)Nc2ccc(C(=O)O)c(Cl)c2)ccc1Cl. The molecule has 0 radical (unpaired) electrons. The van der Waals surface area contributed by atoms with Crippen molar-refractivity contribution in [3.8, 4) is 5.75 Å². The van der Waals surface area contributed by atoms with Crippen molar-refractivity contribution >= 4 is 40.8 Å². The summed E-state index contributed by atoms with van der Waals surface area (Å²) in [5.41, 5.74) is 1.21. The van der Waals surface area contributed by atoms with Gasteiger partial charge in [-0.1, -0.05) is 23.2 Å². The van der Waals surface area contributed by atoms with E-state index in [2.05, 4.69) is 5.32 Å². The Hall–Kier alpha value is -2.24. The molecule has 0 spiro atoms. The highest BCUT2D eigenvalue weighted by Gasteiger charge is 2.10. The van der Waals surface area contributed by atoms with Crippen LogP contribution in [0.1, 0.15) is 15.9 Å². The Labute approximate surface area is 142 Å².